The molecule has 0 spiro atoms. The number of fused-ring (bicyclic) bond motifs is 2. The number of hydrogen-bond donors (Lipinski definition) is 1. The van der Waals surface area contributed by atoms with E-state index in [1.807, 2.05) is 42.5 Å². The number of aryl methyl sites for hydroxylation is 2. The summed E-state index contributed by atoms with van der Waals surface area (Å²) in [6.07, 6.45) is 5.25. The minimum atomic E-state index is -0.191. The normalized spacial score (nSPS) is 13.3. The Hall–Kier alpha value is -2.94. The summed E-state index contributed by atoms with van der Waals surface area (Å²) in [5, 5.41) is 6.11. The Morgan fingerprint density at radius 3 is 2.75 bits per heavy atom. The molecule has 1 aliphatic carbocycles. The van der Waals surface area contributed by atoms with Crippen LogP contribution in [0.4, 0.5) is 0 Å². The molecule has 118 valence electrons. The van der Waals surface area contributed by atoms with E-state index in [4.69, 9.17) is 0 Å². The fourth-order valence-corrected chi connectivity index (χ4v) is 3.32. The highest BCUT2D eigenvalue weighted by Crippen LogP contribution is 2.22. The second-order valence-corrected chi connectivity index (χ2v) is 6.11. The molecule has 24 heavy (non-hydrogen) atoms. The third kappa shape index (κ3) is 2.81. The van der Waals surface area contributed by atoms with Crippen molar-refractivity contribution in [3.63, 3.8) is 0 Å². The molecule has 4 rings (SSSR count). The average molecular weight is 314 g/mol. The number of rotatable bonds is 3. The second-order valence-electron chi connectivity index (χ2n) is 6.11. The molecular formula is C21H18N2O. The fourth-order valence-electron chi connectivity index (χ4n) is 3.32. The van der Waals surface area contributed by atoms with Crippen LogP contribution in [0.5, 0.6) is 0 Å². The highest BCUT2D eigenvalue weighted by molar-refractivity contribution is 6.07. The Morgan fingerprint density at radius 1 is 0.958 bits per heavy atom. The number of nitrogens with one attached hydrogen (secondary N) is 1. The molecular weight excluding hydrogens is 296 g/mol. The quantitative estimate of drug-likeness (QED) is 0.574. The van der Waals surface area contributed by atoms with Crippen molar-refractivity contribution in [1.29, 1.82) is 0 Å². The zero-order valence-corrected chi connectivity index (χ0v) is 13.3. The van der Waals surface area contributed by atoms with Crippen molar-refractivity contribution in [1.82, 2.24) is 5.43 Å². The number of amides is 1. The summed E-state index contributed by atoms with van der Waals surface area (Å²) < 4.78 is 0. The largest absolute Gasteiger partial charge is 0.271 e. The number of nitrogens with zero attached hydrogens (tertiary/aromatic N) is 1. The van der Waals surface area contributed by atoms with E-state index in [0.717, 1.165) is 22.8 Å². The highest BCUT2D eigenvalue weighted by Gasteiger charge is 2.10. The first-order valence-electron chi connectivity index (χ1n) is 8.24. The Labute approximate surface area is 141 Å². The van der Waals surface area contributed by atoms with Crippen LogP contribution in [0.15, 0.2) is 65.8 Å². The molecule has 0 aliphatic heterocycles. The number of hydrogen-bond acceptors (Lipinski definition) is 2. The minimum absolute atomic E-state index is 0.191. The van der Waals surface area contributed by atoms with Gasteiger partial charge in [0.2, 0.25) is 0 Å². The van der Waals surface area contributed by atoms with Crippen molar-refractivity contribution in [2.75, 3.05) is 0 Å². The van der Waals surface area contributed by atoms with Gasteiger partial charge < -0.3 is 0 Å². The molecule has 3 heteroatoms. The first-order chi connectivity index (χ1) is 11.8. The maximum absolute atomic E-state index is 12.4. The van der Waals surface area contributed by atoms with Crippen LogP contribution in [-0.2, 0) is 12.8 Å². The van der Waals surface area contributed by atoms with Crippen LogP contribution in [-0.4, -0.2) is 12.1 Å². The molecule has 0 atom stereocenters. The maximum atomic E-state index is 12.4. The molecule has 1 N–H and O–H groups in total. The zero-order chi connectivity index (χ0) is 16.4. The monoisotopic (exact) mass is 314 g/mol. The molecule has 0 aromatic heterocycles. The number of hydrazone groups is 1. The molecule has 0 fully saturated rings. The lowest BCUT2D eigenvalue weighted by Gasteiger charge is -2.05. The molecule has 3 aromatic carbocycles. The van der Waals surface area contributed by atoms with Crippen molar-refractivity contribution < 1.29 is 4.79 Å². The van der Waals surface area contributed by atoms with E-state index in [1.54, 1.807) is 6.21 Å². The van der Waals surface area contributed by atoms with Gasteiger partial charge in [0, 0.05) is 5.56 Å². The summed E-state index contributed by atoms with van der Waals surface area (Å²) in [6, 6.07) is 19.9. The molecule has 1 amide bonds. The third-order valence-corrected chi connectivity index (χ3v) is 4.54. The maximum Gasteiger partial charge on any atom is 0.271 e. The van der Waals surface area contributed by atoms with Crippen molar-refractivity contribution in [2.45, 2.75) is 19.3 Å². The average Bonchev–Trinajstić information content (AvgIpc) is 3.09. The minimum Gasteiger partial charge on any atom is -0.267 e. The molecule has 0 heterocycles. The van der Waals surface area contributed by atoms with Gasteiger partial charge in [0.15, 0.2) is 0 Å². The second kappa shape index (κ2) is 6.28. The lowest BCUT2D eigenvalue weighted by Crippen LogP contribution is -2.17. The van der Waals surface area contributed by atoms with E-state index in [2.05, 4.69) is 28.7 Å². The van der Waals surface area contributed by atoms with Crippen molar-refractivity contribution >= 4 is 22.9 Å². The summed E-state index contributed by atoms with van der Waals surface area (Å²) in [7, 11) is 0. The molecule has 3 aromatic rings. The van der Waals surface area contributed by atoms with Crippen LogP contribution in [0.25, 0.3) is 10.8 Å². The van der Waals surface area contributed by atoms with E-state index in [1.165, 1.54) is 24.0 Å². The van der Waals surface area contributed by atoms with Crippen LogP contribution >= 0.6 is 0 Å². The van der Waals surface area contributed by atoms with Gasteiger partial charge in [-0.1, -0.05) is 48.5 Å². The molecule has 0 unspecified atom stereocenters. The fraction of sp³-hybridized carbons (Fsp3) is 0.143. The van der Waals surface area contributed by atoms with Gasteiger partial charge in [0.05, 0.1) is 6.21 Å². The van der Waals surface area contributed by atoms with Crippen LogP contribution < -0.4 is 5.43 Å². The van der Waals surface area contributed by atoms with Gasteiger partial charge >= 0.3 is 0 Å². The summed E-state index contributed by atoms with van der Waals surface area (Å²) in [6.45, 7) is 0. The standard InChI is InChI=1S/C21H18N2O/c24-21(20-10-4-7-17-5-1-2-9-19(17)20)23-22-14-15-11-12-16-6-3-8-18(16)13-15/h1-2,4-5,7,9-14H,3,6,8H2,(H,23,24). The van der Waals surface area contributed by atoms with Gasteiger partial charge in [-0.25, -0.2) is 5.43 Å². The first kappa shape index (κ1) is 14.6. The van der Waals surface area contributed by atoms with E-state index >= 15 is 0 Å². The van der Waals surface area contributed by atoms with Gasteiger partial charge in [-0.2, -0.15) is 5.10 Å². The van der Waals surface area contributed by atoms with Gasteiger partial charge in [-0.3, -0.25) is 4.79 Å². The molecule has 3 nitrogen and oxygen atoms in total. The van der Waals surface area contributed by atoms with Gasteiger partial charge in [0.25, 0.3) is 5.91 Å². The number of benzene rings is 3. The van der Waals surface area contributed by atoms with Crippen LogP contribution in [0, 0.1) is 0 Å². The number of carbonyl (C=O) groups excluding carboxylic acids is 1. The topological polar surface area (TPSA) is 41.5 Å². The zero-order valence-electron chi connectivity index (χ0n) is 13.3. The summed E-state index contributed by atoms with van der Waals surface area (Å²) in [5.74, 6) is -0.191. The van der Waals surface area contributed by atoms with E-state index in [0.29, 0.717) is 5.56 Å². The Morgan fingerprint density at radius 2 is 1.79 bits per heavy atom. The molecule has 0 saturated heterocycles. The smallest absolute Gasteiger partial charge is 0.267 e. The lowest BCUT2D eigenvalue weighted by molar-refractivity contribution is 0.0957. The number of carbonyl (C=O) groups is 1. The van der Waals surface area contributed by atoms with E-state index < -0.39 is 0 Å². The molecule has 0 bridgehead atoms. The van der Waals surface area contributed by atoms with Crippen LogP contribution in [0.1, 0.15) is 33.5 Å². The summed E-state index contributed by atoms with van der Waals surface area (Å²) in [4.78, 5) is 12.4. The molecule has 0 saturated carbocycles. The van der Waals surface area contributed by atoms with E-state index in [-0.39, 0.29) is 5.91 Å². The SMILES string of the molecule is O=C(NN=Cc1ccc2c(c1)CCC2)c1cccc2ccccc12. The van der Waals surface area contributed by atoms with Crippen molar-refractivity contribution in [3.05, 3.63) is 82.9 Å². The van der Waals surface area contributed by atoms with Crippen molar-refractivity contribution in [2.24, 2.45) is 5.10 Å². The first-order valence-corrected chi connectivity index (χ1v) is 8.24. The van der Waals surface area contributed by atoms with Gasteiger partial charge in [-0.05, 0) is 58.9 Å². The molecule has 0 radical (unpaired) electrons. The van der Waals surface area contributed by atoms with Crippen LogP contribution in [0.2, 0.25) is 0 Å². The highest BCUT2D eigenvalue weighted by atomic mass is 16.2. The molecule has 1 aliphatic rings. The lowest BCUT2D eigenvalue weighted by atomic mass is 10.0. The summed E-state index contributed by atoms with van der Waals surface area (Å²) in [5.41, 5.74) is 7.14. The predicted octanol–water partition coefficient (Wildman–Crippen LogP) is 4.09. The van der Waals surface area contributed by atoms with Crippen molar-refractivity contribution in [3.8, 4) is 0 Å². The Kier molecular flexibility index (Phi) is 3.83. The van der Waals surface area contributed by atoms with E-state index in [9.17, 15) is 4.79 Å². The Balaban J connectivity index is 1.52. The van der Waals surface area contributed by atoms with Gasteiger partial charge in [0.1, 0.15) is 0 Å². The predicted molar refractivity (Wildman–Crippen MR) is 97.5 cm³/mol. The summed E-state index contributed by atoms with van der Waals surface area (Å²) >= 11 is 0. The van der Waals surface area contributed by atoms with Crippen LogP contribution in [0.3, 0.4) is 0 Å². The van der Waals surface area contributed by atoms with Gasteiger partial charge in [-0.15, -0.1) is 0 Å². The third-order valence-electron chi connectivity index (χ3n) is 4.54. The Bertz CT molecular complexity index is 938.